The third kappa shape index (κ3) is 7.33. The van der Waals surface area contributed by atoms with Crippen molar-refractivity contribution in [1.29, 1.82) is 0 Å². The Morgan fingerprint density at radius 1 is 1.24 bits per heavy atom. The second-order valence-corrected chi connectivity index (χ2v) is 9.23. The van der Waals surface area contributed by atoms with Gasteiger partial charge in [-0.3, -0.25) is 4.79 Å². The van der Waals surface area contributed by atoms with Crippen LogP contribution in [-0.2, 0) is 23.7 Å². The second kappa shape index (κ2) is 13.1. The van der Waals surface area contributed by atoms with Gasteiger partial charge in [-0.05, 0) is 31.3 Å². The highest BCUT2D eigenvalue weighted by molar-refractivity contribution is 5.77. The number of allylic oxidation sites excluding steroid dienone is 1. The number of hydrogen-bond acceptors (Lipinski definition) is 11. The Bertz CT molecular complexity index is 682. The van der Waals surface area contributed by atoms with Crippen molar-refractivity contribution in [3.05, 3.63) is 11.8 Å². The van der Waals surface area contributed by atoms with Gasteiger partial charge in [-0.25, -0.2) is 0 Å². The zero-order valence-electron chi connectivity index (χ0n) is 19.5. The SMILES string of the molecule is C[C@@H]1CO[C@H](O[C@@H]2[C@@H](O)[C@H](O[C@@H]3CCC=C(CNCCO)O3)[C@@H](N)C[C@H]2NC(=O)CO)[C@H](O)C1. The van der Waals surface area contributed by atoms with Crippen LogP contribution in [0, 0.1) is 5.92 Å². The predicted molar refractivity (Wildman–Crippen MR) is 119 cm³/mol. The van der Waals surface area contributed by atoms with Gasteiger partial charge in [0, 0.05) is 19.0 Å². The zero-order chi connectivity index (χ0) is 24.7. The molecule has 1 aliphatic carbocycles. The third-order valence-electron chi connectivity index (χ3n) is 6.26. The van der Waals surface area contributed by atoms with E-state index in [1.54, 1.807) is 0 Å². The van der Waals surface area contributed by atoms with Crippen LogP contribution in [0.5, 0.6) is 0 Å². The molecule has 0 spiro atoms. The third-order valence-corrected chi connectivity index (χ3v) is 6.26. The van der Waals surface area contributed by atoms with Gasteiger partial charge in [0.1, 0.15) is 36.8 Å². The maximum atomic E-state index is 11.9. The number of aliphatic hydroxyl groups excluding tert-OH is 4. The molecule has 12 nitrogen and oxygen atoms in total. The summed E-state index contributed by atoms with van der Waals surface area (Å²) in [6.45, 7) is 2.53. The molecule has 34 heavy (non-hydrogen) atoms. The van der Waals surface area contributed by atoms with Gasteiger partial charge in [-0.2, -0.15) is 0 Å². The van der Waals surface area contributed by atoms with Crippen LogP contribution in [0.15, 0.2) is 11.8 Å². The maximum Gasteiger partial charge on any atom is 0.246 e. The highest BCUT2D eigenvalue weighted by Gasteiger charge is 2.48. The van der Waals surface area contributed by atoms with E-state index in [1.165, 1.54) is 0 Å². The highest BCUT2D eigenvalue weighted by Crippen LogP contribution is 2.31. The Labute approximate surface area is 199 Å². The molecule has 0 unspecified atom stereocenters. The normalized spacial score (nSPS) is 38.6. The van der Waals surface area contributed by atoms with E-state index in [0.29, 0.717) is 44.7 Å². The lowest BCUT2D eigenvalue weighted by Crippen LogP contribution is -2.66. The van der Waals surface area contributed by atoms with Gasteiger partial charge in [-0.1, -0.05) is 6.92 Å². The van der Waals surface area contributed by atoms with Crippen molar-refractivity contribution in [2.45, 2.75) is 81.7 Å². The molecule has 9 atom stereocenters. The van der Waals surface area contributed by atoms with Crippen molar-refractivity contribution in [3.63, 3.8) is 0 Å². The molecular formula is C22H39N3O9. The number of rotatable bonds is 10. The first-order valence-corrected chi connectivity index (χ1v) is 11.9. The average molecular weight is 490 g/mol. The first kappa shape index (κ1) is 27.2. The molecule has 0 aromatic rings. The molecule has 0 bridgehead atoms. The van der Waals surface area contributed by atoms with Crippen LogP contribution in [0.1, 0.15) is 32.6 Å². The van der Waals surface area contributed by atoms with E-state index in [4.69, 9.17) is 34.9 Å². The van der Waals surface area contributed by atoms with Crippen molar-refractivity contribution >= 4 is 5.91 Å². The number of nitrogens with two attached hydrogens (primary N) is 1. The molecule has 2 fully saturated rings. The first-order chi connectivity index (χ1) is 16.3. The Hall–Kier alpha value is -1.35. The number of ether oxygens (including phenoxy) is 4. The van der Waals surface area contributed by atoms with Crippen LogP contribution in [-0.4, -0.2) is 108 Å². The van der Waals surface area contributed by atoms with E-state index in [9.17, 15) is 15.0 Å². The van der Waals surface area contributed by atoms with Gasteiger partial charge < -0.3 is 55.7 Å². The van der Waals surface area contributed by atoms with E-state index in [-0.39, 0.29) is 18.9 Å². The summed E-state index contributed by atoms with van der Waals surface area (Å²) in [5.74, 6) is 0.215. The van der Waals surface area contributed by atoms with E-state index in [2.05, 4.69) is 10.6 Å². The van der Waals surface area contributed by atoms with E-state index in [1.807, 2.05) is 13.0 Å². The summed E-state index contributed by atoms with van der Waals surface area (Å²) in [5, 5.41) is 45.4. The Kier molecular flexibility index (Phi) is 10.5. The summed E-state index contributed by atoms with van der Waals surface area (Å²) in [5.41, 5.74) is 6.32. The lowest BCUT2D eigenvalue weighted by Gasteiger charge is -2.46. The monoisotopic (exact) mass is 489 g/mol. The smallest absolute Gasteiger partial charge is 0.246 e. The number of amides is 1. The lowest BCUT2D eigenvalue weighted by molar-refractivity contribution is -0.282. The molecule has 2 heterocycles. The summed E-state index contributed by atoms with van der Waals surface area (Å²) < 4.78 is 23.6. The molecule has 3 aliphatic rings. The van der Waals surface area contributed by atoms with Crippen molar-refractivity contribution in [2.75, 3.05) is 32.9 Å². The number of hydrogen-bond donors (Lipinski definition) is 7. The number of aliphatic hydroxyl groups is 4. The summed E-state index contributed by atoms with van der Waals surface area (Å²) in [7, 11) is 0. The standard InChI is InChI=1S/C22H39N3O9/c1-12-7-16(28)22(31-11-12)34-21-15(25-17(29)10-27)8-14(23)20(19(21)30)33-18-4-2-3-13(32-18)9-24-5-6-26/h3,12,14-16,18-22,24,26-28,30H,2,4-11,23H2,1H3,(H,25,29)/t12-,14-,15+,16+,18+,19-,20+,21-,22+/m0/s1. The van der Waals surface area contributed by atoms with Crippen LogP contribution >= 0.6 is 0 Å². The maximum absolute atomic E-state index is 11.9. The van der Waals surface area contributed by atoms with Gasteiger partial charge in [0.05, 0.1) is 25.8 Å². The molecule has 0 aromatic carbocycles. The summed E-state index contributed by atoms with van der Waals surface area (Å²) in [6, 6.07) is -1.37. The van der Waals surface area contributed by atoms with Gasteiger partial charge in [0.2, 0.25) is 5.91 Å². The van der Waals surface area contributed by atoms with E-state index >= 15 is 0 Å². The molecule has 0 radical (unpaired) electrons. The fourth-order valence-corrected chi connectivity index (χ4v) is 4.57. The minimum Gasteiger partial charge on any atom is -0.468 e. The molecule has 1 saturated carbocycles. The van der Waals surface area contributed by atoms with Crippen molar-refractivity contribution in [3.8, 4) is 0 Å². The van der Waals surface area contributed by atoms with E-state index < -0.39 is 61.6 Å². The molecule has 1 saturated heterocycles. The van der Waals surface area contributed by atoms with Crippen molar-refractivity contribution < 1.29 is 44.2 Å². The fourth-order valence-electron chi connectivity index (χ4n) is 4.57. The summed E-state index contributed by atoms with van der Waals surface area (Å²) >= 11 is 0. The average Bonchev–Trinajstić information content (AvgIpc) is 2.81. The molecule has 12 heteroatoms. The van der Waals surface area contributed by atoms with Crippen molar-refractivity contribution in [2.24, 2.45) is 11.7 Å². The first-order valence-electron chi connectivity index (χ1n) is 11.9. The minimum absolute atomic E-state index is 0.0179. The fraction of sp³-hybridized carbons (Fsp3) is 0.864. The van der Waals surface area contributed by atoms with Gasteiger partial charge in [0.15, 0.2) is 12.6 Å². The Morgan fingerprint density at radius 3 is 2.74 bits per heavy atom. The van der Waals surface area contributed by atoms with Crippen LogP contribution in [0.4, 0.5) is 0 Å². The molecule has 196 valence electrons. The topological polar surface area (TPSA) is 185 Å². The Balaban J connectivity index is 1.67. The van der Waals surface area contributed by atoms with Crippen LogP contribution in [0.25, 0.3) is 0 Å². The van der Waals surface area contributed by atoms with Crippen LogP contribution < -0.4 is 16.4 Å². The molecule has 3 rings (SSSR count). The quantitative estimate of drug-likeness (QED) is 0.163. The van der Waals surface area contributed by atoms with Crippen LogP contribution in [0.2, 0.25) is 0 Å². The molecular weight excluding hydrogens is 450 g/mol. The molecule has 1 amide bonds. The second-order valence-electron chi connectivity index (χ2n) is 9.23. The highest BCUT2D eigenvalue weighted by atomic mass is 16.7. The molecule has 8 N–H and O–H groups in total. The van der Waals surface area contributed by atoms with Gasteiger partial charge >= 0.3 is 0 Å². The zero-order valence-corrected chi connectivity index (χ0v) is 19.5. The molecule has 2 aliphatic heterocycles. The Morgan fingerprint density at radius 2 is 2.03 bits per heavy atom. The van der Waals surface area contributed by atoms with Crippen LogP contribution in [0.3, 0.4) is 0 Å². The minimum atomic E-state index is -1.26. The van der Waals surface area contributed by atoms with Gasteiger partial charge in [0.25, 0.3) is 0 Å². The van der Waals surface area contributed by atoms with E-state index in [0.717, 1.165) is 0 Å². The number of carbonyl (C=O) groups is 1. The largest absolute Gasteiger partial charge is 0.468 e. The lowest BCUT2D eigenvalue weighted by atomic mass is 9.83. The number of nitrogens with one attached hydrogen (secondary N) is 2. The van der Waals surface area contributed by atoms with Crippen molar-refractivity contribution in [1.82, 2.24) is 10.6 Å². The molecule has 0 aromatic heterocycles. The number of carbonyl (C=O) groups excluding carboxylic acids is 1. The predicted octanol–water partition coefficient (Wildman–Crippen LogP) is -2.33. The van der Waals surface area contributed by atoms with Gasteiger partial charge in [-0.15, -0.1) is 0 Å². The summed E-state index contributed by atoms with van der Waals surface area (Å²) in [6.07, 6.45) is -1.68. The summed E-state index contributed by atoms with van der Waals surface area (Å²) in [4.78, 5) is 11.9.